The van der Waals surface area contributed by atoms with Crippen LogP contribution in [0.5, 0.6) is 0 Å². The molecular formula is C14H22N4O. The van der Waals surface area contributed by atoms with Crippen molar-refractivity contribution in [1.29, 1.82) is 0 Å². The fourth-order valence-corrected chi connectivity index (χ4v) is 2.04. The van der Waals surface area contributed by atoms with E-state index in [-0.39, 0.29) is 0 Å². The van der Waals surface area contributed by atoms with Gasteiger partial charge in [-0.25, -0.2) is 15.0 Å². The van der Waals surface area contributed by atoms with Crippen molar-refractivity contribution in [1.82, 2.24) is 19.5 Å². The maximum absolute atomic E-state index is 5.14. The lowest BCUT2D eigenvalue weighted by Crippen LogP contribution is -2.09. The lowest BCUT2D eigenvalue weighted by molar-refractivity contribution is 0.188. The van der Waals surface area contributed by atoms with Crippen LogP contribution in [0, 0.1) is 0 Å². The van der Waals surface area contributed by atoms with Gasteiger partial charge in [0.15, 0.2) is 5.65 Å². The normalized spacial score (nSPS) is 11.9. The number of nitrogens with zero attached hydrogens (tertiary/aromatic N) is 4. The van der Waals surface area contributed by atoms with E-state index in [1.165, 1.54) is 0 Å². The zero-order chi connectivity index (χ0) is 14.0. The highest BCUT2D eigenvalue weighted by Crippen LogP contribution is 2.24. The van der Waals surface area contributed by atoms with E-state index in [0.717, 1.165) is 29.2 Å². The van der Waals surface area contributed by atoms with Crippen molar-refractivity contribution in [2.45, 2.75) is 46.1 Å². The van der Waals surface area contributed by atoms with Gasteiger partial charge in [0.25, 0.3) is 0 Å². The summed E-state index contributed by atoms with van der Waals surface area (Å²) in [7, 11) is 1.70. The molecule has 0 aliphatic heterocycles. The van der Waals surface area contributed by atoms with Crippen molar-refractivity contribution >= 4 is 11.2 Å². The topological polar surface area (TPSA) is 52.8 Å². The van der Waals surface area contributed by atoms with E-state index < -0.39 is 0 Å². The fourth-order valence-electron chi connectivity index (χ4n) is 2.04. The molecule has 0 bridgehead atoms. The Bertz CT molecular complexity index is 560. The Morgan fingerprint density at radius 3 is 2.47 bits per heavy atom. The lowest BCUT2D eigenvalue weighted by atomic mass is 10.1. The molecule has 5 heteroatoms. The second-order valence-corrected chi connectivity index (χ2v) is 5.38. The monoisotopic (exact) mass is 262 g/mol. The SMILES string of the molecule is COCCn1cnc2nc(C(C)C)nc(C(C)C)c21. The Balaban J connectivity index is 2.58. The molecule has 19 heavy (non-hydrogen) atoms. The minimum atomic E-state index is 0.311. The molecule has 0 saturated carbocycles. The average Bonchev–Trinajstić information content (AvgIpc) is 2.77. The van der Waals surface area contributed by atoms with Crippen LogP contribution in [0.2, 0.25) is 0 Å². The van der Waals surface area contributed by atoms with Crippen LogP contribution in [0.4, 0.5) is 0 Å². The van der Waals surface area contributed by atoms with Crippen LogP contribution in [-0.4, -0.2) is 33.2 Å². The third-order valence-corrected chi connectivity index (χ3v) is 3.12. The summed E-state index contributed by atoms with van der Waals surface area (Å²) in [4.78, 5) is 13.7. The molecule has 0 aliphatic rings. The summed E-state index contributed by atoms with van der Waals surface area (Å²) in [6.07, 6.45) is 1.83. The van der Waals surface area contributed by atoms with Crippen molar-refractivity contribution < 1.29 is 4.74 Å². The molecule has 0 fully saturated rings. The zero-order valence-corrected chi connectivity index (χ0v) is 12.3. The van der Waals surface area contributed by atoms with Gasteiger partial charge < -0.3 is 9.30 Å². The van der Waals surface area contributed by atoms with Crippen molar-refractivity contribution in [2.75, 3.05) is 13.7 Å². The molecule has 0 aliphatic carbocycles. The van der Waals surface area contributed by atoms with Gasteiger partial charge in [0.1, 0.15) is 11.3 Å². The van der Waals surface area contributed by atoms with Crippen LogP contribution >= 0.6 is 0 Å². The highest BCUT2D eigenvalue weighted by atomic mass is 16.5. The fraction of sp³-hybridized carbons (Fsp3) is 0.643. The van der Waals surface area contributed by atoms with Crippen molar-refractivity contribution in [3.05, 3.63) is 17.8 Å². The van der Waals surface area contributed by atoms with E-state index in [1.54, 1.807) is 7.11 Å². The van der Waals surface area contributed by atoms with Gasteiger partial charge in [-0.3, -0.25) is 0 Å². The molecule has 2 heterocycles. The molecule has 0 atom stereocenters. The molecule has 0 radical (unpaired) electrons. The third-order valence-electron chi connectivity index (χ3n) is 3.12. The predicted molar refractivity (Wildman–Crippen MR) is 75.4 cm³/mol. The minimum Gasteiger partial charge on any atom is -0.383 e. The van der Waals surface area contributed by atoms with Crippen LogP contribution < -0.4 is 0 Å². The first-order chi connectivity index (χ1) is 9.04. The Kier molecular flexibility index (Phi) is 4.14. The quantitative estimate of drug-likeness (QED) is 0.831. The number of fused-ring (bicyclic) bond motifs is 1. The maximum Gasteiger partial charge on any atom is 0.181 e. The van der Waals surface area contributed by atoms with Gasteiger partial charge in [0.2, 0.25) is 0 Å². The van der Waals surface area contributed by atoms with Gasteiger partial charge in [-0.1, -0.05) is 27.7 Å². The summed E-state index contributed by atoms with van der Waals surface area (Å²) in [6.45, 7) is 9.95. The summed E-state index contributed by atoms with van der Waals surface area (Å²) >= 11 is 0. The summed E-state index contributed by atoms with van der Waals surface area (Å²) in [5, 5.41) is 0. The van der Waals surface area contributed by atoms with Gasteiger partial charge in [0.05, 0.1) is 18.6 Å². The number of aromatic nitrogens is 4. The molecule has 104 valence electrons. The smallest absolute Gasteiger partial charge is 0.181 e. The molecule has 0 unspecified atom stereocenters. The number of methoxy groups -OCH3 is 1. The first-order valence-corrected chi connectivity index (χ1v) is 6.76. The summed E-state index contributed by atoms with van der Waals surface area (Å²) in [6, 6.07) is 0. The standard InChI is InChI=1S/C14H22N4O/c1-9(2)11-12-14(17-13(16-11)10(3)4)15-8-18(12)6-7-19-5/h8-10H,6-7H2,1-5H3. The molecule has 0 saturated heterocycles. The summed E-state index contributed by atoms with van der Waals surface area (Å²) in [5.41, 5.74) is 2.90. The highest BCUT2D eigenvalue weighted by Gasteiger charge is 2.17. The average molecular weight is 262 g/mol. The lowest BCUT2D eigenvalue weighted by Gasteiger charge is -2.12. The number of imidazole rings is 1. The van der Waals surface area contributed by atoms with Gasteiger partial charge >= 0.3 is 0 Å². The van der Waals surface area contributed by atoms with Gasteiger partial charge in [-0.15, -0.1) is 0 Å². The zero-order valence-electron chi connectivity index (χ0n) is 12.3. The second kappa shape index (κ2) is 5.65. The minimum absolute atomic E-state index is 0.311. The van der Waals surface area contributed by atoms with Crippen LogP contribution in [0.1, 0.15) is 51.0 Å². The largest absolute Gasteiger partial charge is 0.383 e. The van der Waals surface area contributed by atoms with Gasteiger partial charge in [-0.05, 0) is 5.92 Å². The first-order valence-electron chi connectivity index (χ1n) is 6.76. The van der Waals surface area contributed by atoms with E-state index in [1.807, 2.05) is 6.33 Å². The molecule has 0 N–H and O–H groups in total. The van der Waals surface area contributed by atoms with Gasteiger partial charge in [0, 0.05) is 19.6 Å². The maximum atomic E-state index is 5.14. The Morgan fingerprint density at radius 2 is 1.89 bits per heavy atom. The van der Waals surface area contributed by atoms with E-state index in [0.29, 0.717) is 18.4 Å². The predicted octanol–water partition coefficient (Wildman–Crippen LogP) is 2.72. The molecule has 2 aromatic heterocycles. The van der Waals surface area contributed by atoms with Crippen LogP contribution in [-0.2, 0) is 11.3 Å². The summed E-state index contributed by atoms with van der Waals surface area (Å²) < 4.78 is 7.22. The van der Waals surface area contributed by atoms with E-state index in [9.17, 15) is 0 Å². The molecular weight excluding hydrogens is 240 g/mol. The number of rotatable bonds is 5. The first kappa shape index (κ1) is 13.9. The van der Waals surface area contributed by atoms with Gasteiger partial charge in [-0.2, -0.15) is 0 Å². The highest BCUT2D eigenvalue weighted by molar-refractivity contribution is 5.74. The Hall–Kier alpha value is -1.49. The van der Waals surface area contributed by atoms with Crippen molar-refractivity contribution in [2.24, 2.45) is 0 Å². The molecule has 0 amide bonds. The molecule has 2 rings (SSSR count). The van der Waals surface area contributed by atoms with Crippen molar-refractivity contribution in [3.63, 3.8) is 0 Å². The van der Waals surface area contributed by atoms with E-state index in [4.69, 9.17) is 9.72 Å². The van der Waals surface area contributed by atoms with Crippen LogP contribution in [0.3, 0.4) is 0 Å². The van der Waals surface area contributed by atoms with Crippen LogP contribution in [0.15, 0.2) is 6.33 Å². The number of ether oxygens (including phenoxy) is 1. The van der Waals surface area contributed by atoms with E-state index in [2.05, 4.69) is 42.2 Å². The van der Waals surface area contributed by atoms with E-state index >= 15 is 0 Å². The Labute approximate surface area is 114 Å². The molecule has 5 nitrogen and oxygen atoms in total. The Morgan fingerprint density at radius 1 is 1.16 bits per heavy atom. The molecule has 0 aromatic carbocycles. The van der Waals surface area contributed by atoms with Crippen LogP contribution in [0.25, 0.3) is 11.2 Å². The third kappa shape index (κ3) is 2.76. The summed E-state index contributed by atoms with van der Waals surface area (Å²) in [5.74, 6) is 1.53. The second-order valence-electron chi connectivity index (χ2n) is 5.38. The molecule has 2 aromatic rings. The van der Waals surface area contributed by atoms with Crippen molar-refractivity contribution in [3.8, 4) is 0 Å². The number of hydrogen-bond acceptors (Lipinski definition) is 4. The molecule has 0 spiro atoms. The number of hydrogen-bond donors (Lipinski definition) is 0.